The lowest BCUT2D eigenvalue weighted by molar-refractivity contribution is -0.131. The number of thiazole rings is 1. The highest BCUT2D eigenvalue weighted by Crippen LogP contribution is 2.35. The normalized spacial score (nSPS) is 16.2. The molecule has 1 aliphatic rings. The Labute approximate surface area is 97.0 Å². The second kappa shape index (κ2) is 4.67. The van der Waals surface area contributed by atoms with Crippen LogP contribution in [0.1, 0.15) is 6.92 Å². The van der Waals surface area contributed by atoms with Crippen LogP contribution in [0.3, 0.4) is 0 Å². The molecule has 1 aromatic heterocycles. The van der Waals surface area contributed by atoms with Gasteiger partial charge in [-0.15, -0.1) is 0 Å². The lowest BCUT2D eigenvalue weighted by Crippen LogP contribution is -2.36. The molecule has 1 aromatic rings. The van der Waals surface area contributed by atoms with E-state index >= 15 is 0 Å². The first kappa shape index (κ1) is 11.2. The molecule has 1 aliphatic heterocycles. The van der Waals surface area contributed by atoms with Crippen LogP contribution in [0.4, 0.5) is 10.9 Å². The summed E-state index contributed by atoms with van der Waals surface area (Å²) in [4.78, 5) is 17.1. The van der Waals surface area contributed by atoms with Gasteiger partial charge in [-0.3, -0.25) is 4.79 Å². The zero-order valence-electron chi connectivity index (χ0n) is 8.93. The van der Waals surface area contributed by atoms with Crippen molar-refractivity contribution in [3.05, 3.63) is 0 Å². The molecule has 0 bridgehead atoms. The summed E-state index contributed by atoms with van der Waals surface area (Å²) in [6, 6.07) is 0. The Balaban J connectivity index is 2.12. The Bertz CT molecular complexity index is 387. The summed E-state index contributed by atoms with van der Waals surface area (Å²) in [7, 11) is 0. The number of aromatic nitrogens is 1. The van der Waals surface area contributed by atoms with Gasteiger partial charge in [0.2, 0.25) is 5.06 Å². The Hall–Kier alpha value is -1.34. The molecule has 0 amide bonds. The highest BCUT2D eigenvalue weighted by Gasteiger charge is 2.18. The molecular weight excluding hydrogens is 230 g/mol. The topological polar surface area (TPSA) is 77.7 Å². The van der Waals surface area contributed by atoms with Crippen LogP contribution in [0.25, 0.3) is 0 Å². The molecule has 0 aliphatic carbocycles. The first-order chi connectivity index (χ1) is 7.66. The molecule has 16 heavy (non-hydrogen) atoms. The quantitative estimate of drug-likeness (QED) is 0.762. The van der Waals surface area contributed by atoms with Gasteiger partial charge in [-0.05, 0) is 0 Å². The Morgan fingerprint density at radius 1 is 1.56 bits per heavy atom. The number of nitrogens with two attached hydrogens (primary N) is 1. The van der Waals surface area contributed by atoms with Gasteiger partial charge in [-0.2, -0.15) is 4.98 Å². The maximum atomic E-state index is 10.8. The molecule has 2 rings (SSSR count). The number of hydrogen-bond acceptors (Lipinski definition) is 7. The van der Waals surface area contributed by atoms with Crippen molar-refractivity contribution in [2.75, 3.05) is 36.9 Å². The molecule has 0 saturated carbocycles. The van der Waals surface area contributed by atoms with E-state index < -0.39 is 0 Å². The van der Waals surface area contributed by atoms with E-state index in [0.717, 1.165) is 18.2 Å². The van der Waals surface area contributed by atoms with Gasteiger partial charge in [0, 0.05) is 20.0 Å². The summed E-state index contributed by atoms with van der Waals surface area (Å²) in [6.45, 7) is 4.28. The van der Waals surface area contributed by atoms with Gasteiger partial charge in [0.25, 0.3) is 0 Å². The summed E-state index contributed by atoms with van der Waals surface area (Å²) in [6.07, 6.45) is 0. The molecular formula is C9H13N3O3S. The summed E-state index contributed by atoms with van der Waals surface area (Å²) >= 11 is 1.29. The molecule has 0 spiro atoms. The monoisotopic (exact) mass is 243 g/mol. The highest BCUT2D eigenvalue weighted by atomic mass is 32.1. The lowest BCUT2D eigenvalue weighted by atomic mass is 10.5. The van der Waals surface area contributed by atoms with E-state index in [-0.39, 0.29) is 11.8 Å². The number of esters is 1. The summed E-state index contributed by atoms with van der Waals surface area (Å²) < 4.78 is 10.2. The molecule has 1 saturated heterocycles. The first-order valence-electron chi connectivity index (χ1n) is 4.94. The third-order valence-electron chi connectivity index (χ3n) is 2.13. The van der Waals surface area contributed by atoms with Crippen molar-refractivity contribution in [1.29, 1.82) is 0 Å². The number of morpholine rings is 1. The van der Waals surface area contributed by atoms with Crippen LogP contribution in [0.15, 0.2) is 0 Å². The third-order valence-corrected chi connectivity index (χ3v) is 3.14. The first-order valence-corrected chi connectivity index (χ1v) is 5.76. The summed E-state index contributed by atoms with van der Waals surface area (Å²) in [5, 5.41) is 1.14. The van der Waals surface area contributed by atoms with Gasteiger partial charge < -0.3 is 20.1 Å². The smallest absolute Gasteiger partial charge is 0.308 e. The SMILES string of the molecule is CC(=O)Oc1sc(N2CCOCC2)nc1N. The van der Waals surface area contributed by atoms with Gasteiger partial charge in [-0.1, -0.05) is 11.3 Å². The zero-order chi connectivity index (χ0) is 11.5. The Morgan fingerprint density at radius 3 is 2.88 bits per heavy atom. The second-order valence-corrected chi connectivity index (χ2v) is 4.30. The molecule has 0 atom stereocenters. The van der Waals surface area contributed by atoms with Crippen LogP contribution in [-0.4, -0.2) is 37.3 Å². The molecule has 0 radical (unpaired) electrons. The summed E-state index contributed by atoms with van der Waals surface area (Å²) in [5.41, 5.74) is 5.66. The van der Waals surface area contributed by atoms with Gasteiger partial charge in [0.1, 0.15) is 0 Å². The average molecular weight is 243 g/mol. The molecule has 6 nitrogen and oxygen atoms in total. The molecule has 2 heterocycles. The average Bonchev–Trinajstić information content (AvgIpc) is 2.61. The molecule has 88 valence electrons. The van der Waals surface area contributed by atoms with E-state index in [0.29, 0.717) is 18.3 Å². The number of hydrogen-bond donors (Lipinski definition) is 1. The fourth-order valence-corrected chi connectivity index (χ4v) is 2.33. The van der Waals surface area contributed by atoms with Crippen LogP contribution < -0.4 is 15.4 Å². The van der Waals surface area contributed by atoms with Crippen LogP contribution >= 0.6 is 11.3 Å². The number of anilines is 2. The fourth-order valence-electron chi connectivity index (χ4n) is 1.40. The minimum atomic E-state index is -0.385. The number of rotatable bonds is 2. The van der Waals surface area contributed by atoms with Crippen molar-refractivity contribution in [3.63, 3.8) is 0 Å². The Kier molecular flexibility index (Phi) is 3.25. The van der Waals surface area contributed by atoms with Crippen molar-refractivity contribution in [2.45, 2.75) is 6.92 Å². The largest absolute Gasteiger partial charge is 0.411 e. The number of carbonyl (C=O) groups excluding carboxylic acids is 1. The third kappa shape index (κ3) is 2.42. The minimum Gasteiger partial charge on any atom is -0.411 e. The van der Waals surface area contributed by atoms with E-state index in [2.05, 4.69) is 9.88 Å². The van der Waals surface area contributed by atoms with E-state index in [9.17, 15) is 4.79 Å². The van der Waals surface area contributed by atoms with Crippen molar-refractivity contribution in [1.82, 2.24) is 4.98 Å². The zero-order valence-corrected chi connectivity index (χ0v) is 9.75. The maximum absolute atomic E-state index is 10.8. The van der Waals surface area contributed by atoms with Crippen LogP contribution in [-0.2, 0) is 9.53 Å². The van der Waals surface area contributed by atoms with E-state index in [1.54, 1.807) is 0 Å². The predicted molar refractivity (Wildman–Crippen MR) is 60.9 cm³/mol. The second-order valence-electron chi connectivity index (χ2n) is 3.36. The molecule has 7 heteroatoms. The maximum Gasteiger partial charge on any atom is 0.308 e. The van der Waals surface area contributed by atoms with Crippen molar-refractivity contribution in [3.8, 4) is 5.06 Å². The highest BCUT2D eigenvalue weighted by molar-refractivity contribution is 7.18. The van der Waals surface area contributed by atoms with Gasteiger partial charge in [0.05, 0.1) is 13.2 Å². The molecule has 2 N–H and O–H groups in total. The van der Waals surface area contributed by atoms with E-state index in [1.807, 2.05) is 0 Å². The van der Waals surface area contributed by atoms with Gasteiger partial charge in [0.15, 0.2) is 10.9 Å². The minimum absolute atomic E-state index is 0.265. The standard InChI is InChI=1S/C9H13N3O3S/c1-6(13)15-8-7(10)11-9(16-8)12-2-4-14-5-3-12/h2-5,10H2,1H3. The van der Waals surface area contributed by atoms with Gasteiger partial charge >= 0.3 is 5.97 Å². The fraction of sp³-hybridized carbons (Fsp3) is 0.556. The van der Waals surface area contributed by atoms with Crippen LogP contribution in [0.2, 0.25) is 0 Å². The van der Waals surface area contributed by atoms with Crippen LogP contribution in [0, 0.1) is 0 Å². The number of nitrogen functional groups attached to an aromatic ring is 1. The van der Waals surface area contributed by atoms with Gasteiger partial charge in [-0.25, -0.2) is 0 Å². The molecule has 0 aromatic carbocycles. The molecule has 1 fully saturated rings. The van der Waals surface area contributed by atoms with Crippen LogP contribution in [0.5, 0.6) is 5.06 Å². The van der Waals surface area contributed by atoms with Crippen molar-refractivity contribution in [2.24, 2.45) is 0 Å². The van der Waals surface area contributed by atoms with E-state index in [1.165, 1.54) is 18.3 Å². The number of carbonyl (C=O) groups is 1. The predicted octanol–water partition coefficient (Wildman–Crippen LogP) is 0.487. The Morgan fingerprint density at radius 2 is 2.25 bits per heavy atom. The molecule has 0 unspecified atom stereocenters. The van der Waals surface area contributed by atoms with Crippen molar-refractivity contribution < 1.29 is 14.3 Å². The van der Waals surface area contributed by atoms with E-state index in [4.69, 9.17) is 15.2 Å². The number of ether oxygens (including phenoxy) is 2. The lowest BCUT2D eigenvalue weighted by Gasteiger charge is -2.25. The summed E-state index contributed by atoms with van der Waals surface area (Å²) in [5.74, 6) is -0.120. The number of nitrogens with zero attached hydrogens (tertiary/aromatic N) is 2. The van der Waals surface area contributed by atoms with Crippen molar-refractivity contribution >= 4 is 28.3 Å².